The average Bonchev–Trinajstić information content (AvgIpc) is 2.84. The highest BCUT2D eigenvalue weighted by atomic mass is 15.1. The quantitative estimate of drug-likeness (QED) is 0.895. The van der Waals surface area contributed by atoms with E-state index in [1.165, 1.54) is 17.5 Å². The molecule has 0 atom stereocenters. The first-order valence-electron chi connectivity index (χ1n) is 6.73. The van der Waals surface area contributed by atoms with E-state index in [2.05, 4.69) is 47.3 Å². The molecule has 0 radical (unpaired) electrons. The van der Waals surface area contributed by atoms with E-state index in [1.54, 1.807) is 0 Å². The minimum Gasteiger partial charge on any atom is -0.332 e. The molecular formula is C15H19N3. The van der Waals surface area contributed by atoms with Crippen molar-refractivity contribution in [2.24, 2.45) is 0 Å². The zero-order valence-electron chi connectivity index (χ0n) is 10.8. The van der Waals surface area contributed by atoms with Gasteiger partial charge in [0.2, 0.25) is 0 Å². The molecule has 2 aromatic rings. The lowest BCUT2D eigenvalue weighted by atomic mass is 10.1. The van der Waals surface area contributed by atoms with Crippen molar-refractivity contribution in [3.63, 3.8) is 0 Å². The third kappa shape index (κ3) is 2.18. The summed E-state index contributed by atoms with van der Waals surface area (Å²) >= 11 is 0. The van der Waals surface area contributed by atoms with Gasteiger partial charge in [0, 0.05) is 24.8 Å². The maximum absolute atomic E-state index is 4.70. The van der Waals surface area contributed by atoms with Gasteiger partial charge in [-0.3, -0.25) is 0 Å². The number of rotatable bonds is 3. The number of aromatic nitrogens is 2. The number of hydrogen-bond donors (Lipinski definition) is 1. The van der Waals surface area contributed by atoms with Crippen molar-refractivity contribution >= 4 is 0 Å². The highest BCUT2D eigenvalue weighted by Gasteiger charge is 2.12. The van der Waals surface area contributed by atoms with Crippen LogP contribution < -0.4 is 5.32 Å². The number of fused-ring (bicyclic) bond motifs is 1. The van der Waals surface area contributed by atoms with Crippen molar-refractivity contribution in [2.45, 2.75) is 32.9 Å². The Bertz CT molecular complexity index is 502. The van der Waals surface area contributed by atoms with Crippen molar-refractivity contribution < 1.29 is 0 Å². The smallest absolute Gasteiger partial charge is 0.123 e. The summed E-state index contributed by atoms with van der Waals surface area (Å²) in [5, 5.41) is 3.35. The molecule has 1 aliphatic heterocycles. The van der Waals surface area contributed by atoms with E-state index in [1.807, 2.05) is 0 Å². The van der Waals surface area contributed by atoms with Crippen LogP contribution in [0.25, 0.3) is 11.3 Å². The lowest BCUT2D eigenvalue weighted by Crippen LogP contribution is -2.27. The van der Waals surface area contributed by atoms with Crippen molar-refractivity contribution in [2.75, 3.05) is 6.54 Å². The molecule has 0 fully saturated rings. The maximum Gasteiger partial charge on any atom is 0.123 e. The molecule has 0 amide bonds. The van der Waals surface area contributed by atoms with E-state index in [-0.39, 0.29) is 0 Å². The molecule has 0 bridgehead atoms. The van der Waals surface area contributed by atoms with E-state index in [0.717, 1.165) is 37.6 Å². The summed E-state index contributed by atoms with van der Waals surface area (Å²) in [6, 6.07) is 8.81. The van der Waals surface area contributed by atoms with E-state index in [9.17, 15) is 0 Å². The second kappa shape index (κ2) is 4.94. The van der Waals surface area contributed by atoms with Crippen LogP contribution in [-0.4, -0.2) is 16.1 Å². The molecule has 3 nitrogen and oxygen atoms in total. The summed E-state index contributed by atoms with van der Waals surface area (Å²) in [5.74, 6) is 1.15. The van der Waals surface area contributed by atoms with Gasteiger partial charge in [-0.1, -0.05) is 37.6 Å². The van der Waals surface area contributed by atoms with Crippen LogP contribution in [0, 0.1) is 0 Å². The molecule has 94 valence electrons. The van der Waals surface area contributed by atoms with Crippen molar-refractivity contribution in [3.8, 4) is 11.3 Å². The van der Waals surface area contributed by atoms with Crippen LogP contribution in [0.1, 0.15) is 24.7 Å². The number of nitrogens with one attached hydrogen (secondary N) is 1. The summed E-state index contributed by atoms with van der Waals surface area (Å²) in [6.07, 6.45) is 4.53. The fourth-order valence-corrected chi connectivity index (χ4v) is 2.46. The van der Waals surface area contributed by atoms with Gasteiger partial charge in [0.25, 0.3) is 0 Å². The summed E-state index contributed by atoms with van der Waals surface area (Å²) in [7, 11) is 0. The Hall–Kier alpha value is -1.61. The van der Waals surface area contributed by atoms with Gasteiger partial charge in [0.15, 0.2) is 0 Å². The van der Waals surface area contributed by atoms with Crippen LogP contribution in [0.5, 0.6) is 0 Å². The van der Waals surface area contributed by atoms with Gasteiger partial charge in [0.1, 0.15) is 5.82 Å². The first-order chi connectivity index (χ1) is 8.86. The lowest BCUT2D eigenvalue weighted by molar-refractivity contribution is 0.505. The van der Waals surface area contributed by atoms with Gasteiger partial charge >= 0.3 is 0 Å². The van der Waals surface area contributed by atoms with Crippen molar-refractivity contribution in [3.05, 3.63) is 41.9 Å². The van der Waals surface area contributed by atoms with Crippen LogP contribution in [0.2, 0.25) is 0 Å². The van der Waals surface area contributed by atoms with E-state index < -0.39 is 0 Å². The van der Waals surface area contributed by atoms with E-state index >= 15 is 0 Å². The molecule has 3 rings (SSSR count). The summed E-state index contributed by atoms with van der Waals surface area (Å²) in [5.41, 5.74) is 3.72. The number of hydrogen-bond acceptors (Lipinski definition) is 2. The number of nitrogens with zero attached hydrogens (tertiary/aromatic N) is 2. The molecule has 0 aliphatic carbocycles. The molecule has 2 heterocycles. The van der Waals surface area contributed by atoms with Gasteiger partial charge in [-0.2, -0.15) is 0 Å². The Balaban J connectivity index is 1.87. The highest BCUT2D eigenvalue weighted by Crippen LogP contribution is 2.20. The Morgan fingerprint density at radius 3 is 2.83 bits per heavy atom. The zero-order valence-corrected chi connectivity index (χ0v) is 10.8. The van der Waals surface area contributed by atoms with E-state index in [0.29, 0.717) is 0 Å². The highest BCUT2D eigenvalue weighted by molar-refractivity contribution is 5.59. The maximum atomic E-state index is 4.70. The van der Waals surface area contributed by atoms with Crippen molar-refractivity contribution in [1.82, 2.24) is 14.9 Å². The lowest BCUT2D eigenvalue weighted by Gasteiger charge is -2.13. The van der Waals surface area contributed by atoms with Gasteiger partial charge < -0.3 is 9.88 Å². The molecule has 1 aromatic heterocycles. The fourth-order valence-electron chi connectivity index (χ4n) is 2.46. The minimum absolute atomic E-state index is 0.883. The van der Waals surface area contributed by atoms with Gasteiger partial charge in [-0.15, -0.1) is 0 Å². The predicted molar refractivity (Wildman–Crippen MR) is 73.4 cm³/mol. The van der Waals surface area contributed by atoms with Crippen molar-refractivity contribution in [1.29, 1.82) is 0 Å². The zero-order chi connectivity index (χ0) is 12.4. The predicted octanol–water partition coefficient (Wildman–Crippen LogP) is 2.61. The second-order valence-electron chi connectivity index (χ2n) is 4.86. The third-order valence-corrected chi connectivity index (χ3v) is 3.46. The monoisotopic (exact) mass is 241 g/mol. The Kier molecular flexibility index (Phi) is 3.15. The summed E-state index contributed by atoms with van der Waals surface area (Å²) in [6.45, 7) is 5.16. The molecule has 3 heteroatoms. The molecule has 0 saturated heterocycles. The van der Waals surface area contributed by atoms with Crippen LogP contribution in [0.3, 0.4) is 0 Å². The molecule has 1 aromatic carbocycles. The molecule has 1 N–H and O–H groups in total. The minimum atomic E-state index is 0.883. The topological polar surface area (TPSA) is 29.9 Å². The Labute approximate surface area is 108 Å². The van der Waals surface area contributed by atoms with E-state index in [4.69, 9.17) is 4.98 Å². The van der Waals surface area contributed by atoms with Crippen LogP contribution >= 0.6 is 0 Å². The molecule has 0 unspecified atom stereocenters. The standard InChI is InChI=1S/C15H19N3/c1-2-3-12-4-6-13(7-5-12)14-11-18-9-8-16-10-15(18)17-14/h4-7,11,16H,2-3,8-10H2,1H3. The molecule has 0 spiro atoms. The Morgan fingerprint density at radius 2 is 2.11 bits per heavy atom. The van der Waals surface area contributed by atoms with Gasteiger partial charge in [-0.05, 0) is 12.0 Å². The summed E-state index contributed by atoms with van der Waals surface area (Å²) < 4.78 is 2.26. The number of aryl methyl sites for hydroxylation is 1. The normalized spacial score (nSPS) is 14.5. The van der Waals surface area contributed by atoms with Gasteiger partial charge in [0.05, 0.1) is 12.2 Å². The second-order valence-corrected chi connectivity index (χ2v) is 4.86. The molecule has 0 saturated carbocycles. The fraction of sp³-hybridized carbons (Fsp3) is 0.400. The SMILES string of the molecule is CCCc1ccc(-c2cn3c(n2)CNCC3)cc1. The first-order valence-corrected chi connectivity index (χ1v) is 6.73. The molecular weight excluding hydrogens is 222 g/mol. The van der Waals surface area contributed by atoms with Gasteiger partial charge in [-0.25, -0.2) is 4.98 Å². The number of imidazole rings is 1. The largest absolute Gasteiger partial charge is 0.332 e. The van der Waals surface area contributed by atoms with Crippen LogP contribution in [0.15, 0.2) is 30.5 Å². The first kappa shape index (κ1) is 11.5. The van der Waals surface area contributed by atoms with Crippen LogP contribution in [0.4, 0.5) is 0 Å². The molecule has 1 aliphatic rings. The van der Waals surface area contributed by atoms with Crippen LogP contribution in [-0.2, 0) is 19.5 Å². The number of benzene rings is 1. The summed E-state index contributed by atoms with van der Waals surface area (Å²) in [4.78, 5) is 4.70. The average molecular weight is 241 g/mol. The Morgan fingerprint density at radius 1 is 1.28 bits per heavy atom. The third-order valence-electron chi connectivity index (χ3n) is 3.46. The molecule has 18 heavy (non-hydrogen) atoms.